The number of hydrogen-bond acceptors (Lipinski definition) is 3. The summed E-state index contributed by atoms with van der Waals surface area (Å²) >= 11 is 0. The number of hydrogen-bond donors (Lipinski definition) is 3. The number of guanidine groups is 1. The fourth-order valence-corrected chi connectivity index (χ4v) is 3.53. The highest BCUT2D eigenvalue weighted by molar-refractivity contribution is 7.89. The molecule has 7 heteroatoms. The van der Waals surface area contributed by atoms with Crippen molar-refractivity contribution >= 4 is 16.0 Å². The lowest BCUT2D eigenvalue weighted by atomic mass is 9.85. The quantitative estimate of drug-likeness (QED) is 0.491. The van der Waals surface area contributed by atoms with Crippen molar-refractivity contribution in [3.8, 4) is 0 Å². The van der Waals surface area contributed by atoms with E-state index in [1.54, 1.807) is 24.3 Å². The first-order chi connectivity index (χ1) is 11.4. The van der Waals surface area contributed by atoms with Crippen LogP contribution in [-0.2, 0) is 16.6 Å². The largest absolute Gasteiger partial charge is 0.370 e. The van der Waals surface area contributed by atoms with Gasteiger partial charge in [-0.25, -0.2) is 18.1 Å². The van der Waals surface area contributed by atoms with Crippen LogP contribution >= 0.6 is 0 Å². The van der Waals surface area contributed by atoms with Crippen LogP contribution in [0.5, 0.6) is 0 Å². The maximum atomic E-state index is 12.1. The minimum atomic E-state index is -3.44. The third kappa shape index (κ3) is 5.79. The van der Waals surface area contributed by atoms with Crippen molar-refractivity contribution in [3.63, 3.8) is 0 Å². The molecule has 0 atom stereocenters. The van der Waals surface area contributed by atoms with Gasteiger partial charge in [0.15, 0.2) is 5.96 Å². The lowest BCUT2D eigenvalue weighted by Crippen LogP contribution is -2.37. The molecule has 24 heavy (non-hydrogen) atoms. The van der Waals surface area contributed by atoms with E-state index in [2.05, 4.69) is 15.0 Å². The lowest BCUT2D eigenvalue weighted by molar-refractivity contribution is 0.315. The average molecular weight is 353 g/mol. The van der Waals surface area contributed by atoms with Gasteiger partial charge in [0.1, 0.15) is 0 Å². The number of nitrogens with two attached hydrogens (primary N) is 1. The number of nitrogens with one attached hydrogen (secondary N) is 2. The summed E-state index contributed by atoms with van der Waals surface area (Å²) in [5.41, 5.74) is 6.77. The molecule has 1 fully saturated rings. The van der Waals surface area contributed by atoms with Crippen molar-refractivity contribution < 1.29 is 8.42 Å². The Labute approximate surface area is 145 Å². The molecule has 0 spiro atoms. The average Bonchev–Trinajstić information content (AvgIpc) is 2.50. The zero-order valence-electron chi connectivity index (χ0n) is 14.5. The standard InChI is InChI=1S/C17H28N4O2S/c1-13(2)10-21-24(22,23)16-8-6-15(7-9-16)12-20-17(18)19-11-14-4-3-5-14/h6-9,13-14,21H,3-5,10-12H2,1-2H3,(H3,18,19,20). The van der Waals surface area contributed by atoms with Crippen molar-refractivity contribution in [1.29, 1.82) is 0 Å². The van der Waals surface area contributed by atoms with Gasteiger partial charge in [-0.05, 0) is 42.4 Å². The Hall–Kier alpha value is -1.60. The molecule has 1 aliphatic rings. The molecule has 0 unspecified atom stereocenters. The Balaban J connectivity index is 1.86. The fourth-order valence-electron chi connectivity index (χ4n) is 2.31. The van der Waals surface area contributed by atoms with Crippen LogP contribution in [0.2, 0.25) is 0 Å². The van der Waals surface area contributed by atoms with Crippen LogP contribution in [0.3, 0.4) is 0 Å². The summed E-state index contributed by atoms with van der Waals surface area (Å²) in [5, 5.41) is 3.14. The van der Waals surface area contributed by atoms with Crippen LogP contribution < -0.4 is 15.8 Å². The second kappa shape index (κ2) is 8.48. The number of benzene rings is 1. The zero-order valence-corrected chi connectivity index (χ0v) is 15.3. The summed E-state index contributed by atoms with van der Waals surface area (Å²) < 4.78 is 26.9. The van der Waals surface area contributed by atoms with E-state index in [9.17, 15) is 8.42 Å². The highest BCUT2D eigenvalue weighted by atomic mass is 32.2. The molecule has 0 aromatic heterocycles. The molecule has 134 valence electrons. The van der Waals surface area contributed by atoms with Gasteiger partial charge in [-0.1, -0.05) is 32.4 Å². The molecule has 1 aromatic rings. The summed E-state index contributed by atoms with van der Waals surface area (Å²) in [6, 6.07) is 6.75. The number of rotatable bonds is 8. The van der Waals surface area contributed by atoms with Gasteiger partial charge in [-0.15, -0.1) is 0 Å². The third-order valence-electron chi connectivity index (χ3n) is 4.14. The molecule has 6 nitrogen and oxygen atoms in total. The molecule has 0 aliphatic heterocycles. The molecule has 1 aliphatic carbocycles. The van der Waals surface area contributed by atoms with Crippen molar-refractivity contribution in [3.05, 3.63) is 29.8 Å². The van der Waals surface area contributed by atoms with Gasteiger partial charge in [-0.3, -0.25) is 0 Å². The van der Waals surface area contributed by atoms with E-state index < -0.39 is 10.0 Å². The topological polar surface area (TPSA) is 96.6 Å². The van der Waals surface area contributed by atoms with Crippen LogP contribution in [0.15, 0.2) is 34.2 Å². The predicted octanol–water partition coefficient (Wildman–Crippen LogP) is 1.83. The van der Waals surface area contributed by atoms with Crippen molar-refractivity contribution in [2.75, 3.05) is 13.1 Å². The van der Waals surface area contributed by atoms with Crippen LogP contribution in [0, 0.1) is 11.8 Å². The summed E-state index contributed by atoms with van der Waals surface area (Å²) in [5.74, 6) is 1.43. The lowest BCUT2D eigenvalue weighted by Gasteiger charge is -2.25. The summed E-state index contributed by atoms with van der Waals surface area (Å²) in [7, 11) is -3.44. The molecule has 2 rings (SSSR count). The monoisotopic (exact) mass is 352 g/mol. The highest BCUT2D eigenvalue weighted by Crippen LogP contribution is 2.24. The first-order valence-corrected chi connectivity index (χ1v) is 9.97. The highest BCUT2D eigenvalue weighted by Gasteiger charge is 2.17. The van der Waals surface area contributed by atoms with E-state index >= 15 is 0 Å². The molecule has 0 heterocycles. The number of nitrogens with zero attached hydrogens (tertiary/aromatic N) is 1. The molecule has 1 aromatic carbocycles. The number of sulfonamides is 1. The van der Waals surface area contributed by atoms with Gasteiger partial charge in [0.25, 0.3) is 0 Å². The second-order valence-corrected chi connectivity index (χ2v) is 8.54. The molecule has 1 saturated carbocycles. The Morgan fingerprint density at radius 2 is 1.96 bits per heavy atom. The Kier molecular flexibility index (Phi) is 6.62. The number of aliphatic imine (C=N–C) groups is 1. The van der Waals surface area contributed by atoms with Crippen LogP contribution in [0.4, 0.5) is 0 Å². The molecule has 0 radical (unpaired) electrons. The zero-order chi connectivity index (χ0) is 17.6. The summed E-state index contributed by atoms with van der Waals surface area (Å²) in [6.07, 6.45) is 3.84. The third-order valence-corrected chi connectivity index (χ3v) is 5.58. The summed E-state index contributed by atoms with van der Waals surface area (Å²) in [4.78, 5) is 4.56. The molecule has 0 saturated heterocycles. The van der Waals surface area contributed by atoms with Crippen LogP contribution in [0.1, 0.15) is 38.7 Å². The van der Waals surface area contributed by atoms with Crippen LogP contribution in [0.25, 0.3) is 0 Å². The second-order valence-electron chi connectivity index (χ2n) is 6.77. The first-order valence-electron chi connectivity index (χ1n) is 8.49. The van der Waals surface area contributed by atoms with E-state index in [1.807, 2.05) is 13.8 Å². The van der Waals surface area contributed by atoms with E-state index in [1.165, 1.54) is 19.3 Å². The Morgan fingerprint density at radius 3 is 2.50 bits per heavy atom. The minimum absolute atomic E-state index is 0.267. The van der Waals surface area contributed by atoms with Gasteiger partial charge in [-0.2, -0.15) is 0 Å². The van der Waals surface area contributed by atoms with Gasteiger partial charge in [0.05, 0.1) is 11.4 Å². The minimum Gasteiger partial charge on any atom is -0.370 e. The molecular weight excluding hydrogens is 324 g/mol. The van der Waals surface area contributed by atoms with Gasteiger partial charge in [0, 0.05) is 13.1 Å². The summed E-state index contributed by atoms with van der Waals surface area (Å²) in [6.45, 7) is 5.68. The van der Waals surface area contributed by atoms with E-state index in [0.717, 1.165) is 18.0 Å². The van der Waals surface area contributed by atoms with Crippen molar-refractivity contribution in [2.45, 2.75) is 44.6 Å². The normalized spacial score (nSPS) is 16.2. The van der Waals surface area contributed by atoms with Gasteiger partial charge in [0.2, 0.25) is 10.0 Å². The van der Waals surface area contributed by atoms with E-state index in [-0.39, 0.29) is 10.8 Å². The molecular formula is C17H28N4O2S. The van der Waals surface area contributed by atoms with E-state index in [0.29, 0.717) is 19.0 Å². The Bertz CT molecular complexity index is 650. The molecule has 0 bridgehead atoms. The fraction of sp³-hybridized carbons (Fsp3) is 0.588. The molecule has 4 N–H and O–H groups in total. The predicted molar refractivity (Wildman–Crippen MR) is 97.1 cm³/mol. The van der Waals surface area contributed by atoms with E-state index in [4.69, 9.17) is 5.73 Å². The van der Waals surface area contributed by atoms with Gasteiger partial charge >= 0.3 is 0 Å². The SMILES string of the molecule is CC(C)CNS(=O)(=O)c1ccc(CN=C(N)NCC2CCC2)cc1. The van der Waals surface area contributed by atoms with Crippen LogP contribution in [-0.4, -0.2) is 27.5 Å². The van der Waals surface area contributed by atoms with Crippen molar-refractivity contribution in [1.82, 2.24) is 10.0 Å². The first kappa shape index (κ1) is 18.7. The smallest absolute Gasteiger partial charge is 0.240 e. The van der Waals surface area contributed by atoms with Crippen molar-refractivity contribution in [2.24, 2.45) is 22.6 Å². The maximum Gasteiger partial charge on any atom is 0.240 e. The maximum absolute atomic E-state index is 12.1. The molecule has 0 amide bonds. The van der Waals surface area contributed by atoms with Gasteiger partial charge < -0.3 is 11.1 Å². The Morgan fingerprint density at radius 1 is 1.29 bits per heavy atom.